The topological polar surface area (TPSA) is 50.2 Å². The third kappa shape index (κ3) is 3.99. The van der Waals surface area contributed by atoms with Crippen molar-refractivity contribution in [3.63, 3.8) is 0 Å². The number of hydrogen-bond acceptors (Lipinski definition) is 4. The van der Waals surface area contributed by atoms with Crippen LogP contribution in [0.1, 0.15) is 11.1 Å². The maximum absolute atomic E-state index is 13.4. The SMILES string of the molecule is Cc1ccc2nc(Nc3ccc(CN4CC(F)(F)C4)cc3)n(-c3ccccc3)c(=O)c2c1. The Balaban J connectivity index is 1.48. The zero-order valence-electron chi connectivity index (χ0n) is 17.6. The molecule has 1 aliphatic rings. The standard InChI is InChI=1S/C25H22F2N4O/c1-17-7-12-22-21(13-17)23(32)31(20-5-3-2-4-6-20)24(29-22)28-19-10-8-18(9-11-19)14-30-15-25(26,27)16-30/h2-13H,14-16H2,1H3,(H,28,29). The van der Waals surface area contributed by atoms with E-state index in [0.717, 1.165) is 16.8 Å². The van der Waals surface area contributed by atoms with Crippen molar-refractivity contribution in [1.29, 1.82) is 0 Å². The molecule has 1 N–H and O–H groups in total. The maximum Gasteiger partial charge on any atom is 0.272 e. The van der Waals surface area contributed by atoms with Crippen molar-refractivity contribution in [2.24, 2.45) is 0 Å². The molecule has 1 saturated heterocycles. The van der Waals surface area contributed by atoms with E-state index >= 15 is 0 Å². The minimum absolute atomic E-state index is 0.150. The van der Waals surface area contributed by atoms with Gasteiger partial charge in [-0.25, -0.2) is 18.3 Å². The molecule has 0 unspecified atom stereocenters. The van der Waals surface area contributed by atoms with Gasteiger partial charge in [0.05, 0.1) is 29.7 Å². The molecule has 0 spiro atoms. The molecule has 0 atom stereocenters. The van der Waals surface area contributed by atoms with E-state index < -0.39 is 5.92 Å². The average molecular weight is 432 g/mol. The lowest BCUT2D eigenvalue weighted by molar-refractivity contribution is -0.133. The summed E-state index contributed by atoms with van der Waals surface area (Å²) in [6.45, 7) is 2.03. The largest absolute Gasteiger partial charge is 0.325 e. The molecule has 0 bridgehead atoms. The van der Waals surface area contributed by atoms with Gasteiger partial charge in [0.15, 0.2) is 0 Å². The minimum atomic E-state index is -2.57. The second kappa shape index (κ2) is 7.84. The van der Waals surface area contributed by atoms with Gasteiger partial charge < -0.3 is 5.32 Å². The lowest BCUT2D eigenvalue weighted by atomic mass is 10.1. The second-order valence-electron chi connectivity index (χ2n) is 8.26. The van der Waals surface area contributed by atoms with E-state index in [1.807, 2.05) is 79.7 Å². The van der Waals surface area contributed by atoms with Crippen molar-refractivity contribution in [3.8, 4) is 5.69 Å². The molecule has 1 aromatic heterocycles. The number of likely N-dealkylation sites (tertiary alicyclic amines) is 1. The smallest absolute Gasteiger partial charge is 0.272 e. The molecule has 1 fully saturated rings. The van der Waals surface area contributed by atoms with Crippen LogP contribution < -0.4 is 10.9 Å². The van der Waals surface area contributed by atoms with Gasteiger partial charge in [0.25, 0.3) is 11.5 Å². The number of aryl methyl sites for hydroxylation is 1. The number of para-hydroxylation sites is 1. The molecular weight excluding hydrogens is 410 g/mol. The van der Waals surface area contributed by atoms with Gasteiger partial charge in [-0.3, -0.25) is 9.69 Å². The predicted octanol–water partition coefficient (Wildman–Crippen LogP) is 4.89. The highest BCUT2D eigenvalue weighted by atomic mass is 19.3. The van der Waals surface area contributed by atoms with Crippen LogP contribution in [0, 0.1) is 6.92 Å². The molecule has 3 aromatic carbocycles. The lowest BCUT2D eigenvalue weighted by Gasteiger charge is -2.38. The van der Waals surface area contributed by atoms with Gasteiger partial charge >= 0.3 is 0 Å². The molecule has 0 aliphatic carbocycles. The van der Waals surface area contributed by atoms with Crippen molar-refractivity contribution in [2.75, 3.05) is 18.4 Å². The summed E-state index contributed by atoms with van der Waals surface area (Å²) in [6.07, 6.45) is 0. The summed E-state index contributed by atoms with van der Waals surface area (Å²) < 4.78 is 27.7. The van der Waals surface area contributed by atoms with Crippen LogP contribution in [0.2, 0.25) is 0 Å². The number of halogens is 2. The number of fused-ring (bicyclic) bond motifs is 1. The van der Waals surface area contributed by atoms with Gasteiger partial charge in [0.1, 0.15) is 0 Å². The molecule has 5 rings (SSSR count). The average Bonchev–Trinajstić information content (AvgIpc) is 2.75. The molecule has 162 valence electrons. The predicted molar refractivity (Wildman–Crippen MR) is 122 cm³/mol. The van der Waals surface area contributed by atoms with Crippen LogP contribution in [0.15, 0.2) is 77.6 Å². The van der Waals surface area contributed by atoms with Crippen LogP contribution in [0.5, 0.6) is 0 Å². The number of aromatic nitrogens is 2. The molecule has 4 aromatic rings. The molecule has 32 heavy (non-hydrogen) atoms. The Morgan fingerprint density at radius 2 is 1.72 bits per heavy atom. The van der Waals surface area contributed by atoms with Crippen molar-refractivity contribution < 1.29 is 8.78 Å². The third-order valence-electron chi connectivity index (χ3n) is 5.56. The molecule has 0 radical (unpaired) electrons. The Morgan fingerprint density at radius 3 is 2.41 bits per heavy atom. The lowest BCUT2D eigenvalue weighted by Crippen LogP contribution is -2.55. The fourth-order valence-corrected chi connectivity index (χ4v) is 4.00. The minimum Gasteiger partial charge on any atom is -0.325 e. The molecule has 0 saturated carbocycles. The molecule has 0 amide bonds. The number of rotatable bonds is 5. The van der Waals surface area contributed by atoms with Crippen molar-refractivity contribution in [3.05, 3.63) is 94.3 Å². The zero-order valence-corrected chi connectivity index (χ0v) is 17.6. The number of hydrogen-bond donors (Lipinski definition) is 1. The van der Waals surface area contributed by atoms with Crippen molar-refractivity contribution in [2.45, 2.75) is 19.4 Å². The molecule has 5 nitrogen and oxygen atoms in total. The van der Waals surface area contributed by atoms with Crippen LogP contribution in [-0.4, -0.2) is 33.5 Å². The van der Waals surface area contributed by atoms with E-state index in [1.165, 1.54) is 0 Å². The summed E-state index contributed by atoms with van der Waals surface area (Å²) >= 11 is 0. The molecule has 1 aliphatic heterocycles. The van der Waals surface area contributed by atoms with Crippen molar-refractivity contribution in [1.82, 2.24) is 14.5 Å². The van der Waals surface area contributed by atoms with Gasteiger partial charge in [-0.15, -0.1) is 0 Å². The molecular formula is C25H22F2N4O. The third-order valence-corrected chi connectivity index (χ3v) is 5.56. The van der Waals surface area contributed by atoms with Crippen LogP contribution in [-0.2, 0) is 6.54 Å². The number of anilines is 2. The Labute approximate surface area is 183 Å². The first-order valence-corrected chi connectivity index (χ1v) is 10.4. The van der Waals surface area contributed by atoms with E-state index in [2.05, 4.69) is 5.32 Å². The van der Waals surface area contributed by atoms with Crippen molar-refractivity contribution >= 4 is 22.5 Å². The summed E-state index contributed by atoms with van der Waals surface area (Å²) in [5.41, 5.74) is 3.88. The Morgan fingerprint density at radius 1 is 1.00 bits per heavy atom. The summed E-state index contributed by atoms with van der Waals surface area (Å²) in [5.74, 6) is -2.16. The summed E-state index contributed by atoms with van der Waals surface area (Å²) in [7, 11) is 0. The van der Waals surface area contributed by atoms with Gasteiger partial charge in [0.2, 0.25) is 5.95 Å². The maximum atomic E-state index is 13.4. The Bertz CT molecular complexity index is 1330. The first kappa shape index (κ1) is 20.3. The second-order valence-corrected chi connectivity index (χ2v) is 8.26. The normalized spacial score (nSPS) is 15.5. The van der Waals surface area contributed by atoms with Gasteiger partial charge in [-0.2, -0.15) is 0 Å². The zero-order chi connectivity index (χ0) is 22.3. The Hall–Kier alpha value is -3.58. The van der Waals surface area contributed by atoms with E-state index in [0.29, 0.717) is 29.1 Å². The quantitative estimate of drug-likeness (QED) is 0.488. The van der Waals surface area contributed by atoms with Crippen LogP contribution >= 0.6 is 0 Å². The van der Waals surface area contributed by atoms with E-state index in [1.54, 1.807) is 9.47 Å². The highest BCUT2D eigenvalue weighted by molar-refractivity contribution is 5.80. The van der Waals surface area contributed by atoms with Crippen LogP contribution in [0.3, 0.4) is 0 Å². The first-order valence-electron chi connectivity index (χ1n) is 10.4. The first-order chi connectivity index (χ1) is 15.4. The molecule has 7 heteroatoms. The van der Waals surface area contributed by atoms with Crippen LogP contribution in [0.25, 0.3) is 16.6 Å². The van der Waals surface area contributed by atoms with Gasteiger partial charge in [0, 0.05) is 12.2 Å². The van der Waals surface area contributed by atoms with Gasteiger partial charge in [-0.05, 0) is 48.9 Å². The Kier molecular flexibility index (Phi) is 4.98. The van der Waals surface area contributed by atoms with E-state index in [9.17, 15) is 13.6 Å². The fourth-order valence-electron chi connectivity index (χ4n) is 4.00. The number of alkyl halides is 2. The number of benzene rings is 3. The highest BCUT2D eigenvalue weighted by Crippen LogP contribution is 2.28. The summed E-state index contributed by atoms with van der Waals surface area (Å²) in [5, 5.41) is 3.82. The summed E-state index contributed by atoms with van der Waals surface area (Å²) in [4.78, 5) is 19.8. The van der Waals surface area contributed by atoms with Crippen LogP contribution in [0.4, 0.5) is 20.4 Å². The highest BCUT2D eigenvalue weighted by Gasteiger charge is 2.43. The molecule has 2 heterocycles. The number of nitrogens with zero attached hydrogens (tertiary/aromatic N) is 3. The monoisotopic (exact) mass is 432 g/mol. The van der Waals surface area contributed by atoms with E-state index in [4.69, 9.17) is 4.98 Å². The number of nitrogens with one attached hydrogen (secondary N) is 1. The van der Waals surface area contributed by atoms with E-state index in [-0.39, 0.29) is 18.6 Å². The fraction of sp³-hybridized carbons (Fsp3) is 0.200. The van der Waals surface area contributed by atoms with Gasteiger partial charge in [-0.1, -0.05) is 42.0 Å². The summed E-state index contributed by atoms with van der Waals surface area (Å²) in [6, 6.07) is 22.5.